The normalized spacial score (nSPS) is 14.6. The summed E-state index contributed by atoms with van der Waals surface area (Å²) in [5.74, 6) is -1.70. The van der Waals surface area contributed by atoms with Crippen molar-refractivity contribution in [3.05, 3.63) is 40.7 Å². The summed E-state index contributed by atoms with van der Waals surface area (Å²) in [5, 5.41) is 0. The highest BCUT2D eigenvalue weighted by Gasteiger charge is 2.33. The number of hydrogen-bond donors (Lipinski definition) is 0. The first kappa shape index (κ1) is 15.9. The van der Waals surface area contributed by atoms with Crippen molar-refractivity contribution in [2.24, 2.45) is 0 Å². The average Bonchev–Trinajstić information content (AvgIpc) is 2.38. The van der Waals surface area contributed by atoms with E-state index in [1.165, 1.54) is 11.6 Å². The predicted molar refractivity (Wildman–Crippen MR) is 72.7 cm³/mol. The van der Waals surface area contributed by atoms with Gasteiger partial charge < -0.3 is 4.74 Å². The van der Waals surface area contributed by atoms with E-state index in [4.69, 9.17) is 0 Å². The number of halogens is 4. The molecule has 5 heteroatoms. The van der Waals surface area contributed by atoms with Crippen LogP contribution in [0.1, 0.15) is 43.7 Å². The fourth-order valence-corrected chi connectivity index (χ4v) is 2.56. The largest absolute Gasteiger partial charge is 0.573 e. The molecule has 0 amide bonds. The van der Waals surface area contributed by atoms with Crippen molar-refractivity contribution in [2.45, 2.75) is 51.8 Å². The van der Waals surface area contributed by atoms with E-state index in [1.54, 1.807) is 0 Å². The van der Waals surface area contributed by atoms with E-state index in [0.717, 1.165) is 37.3 Å². The van der Waals surface area contributed by atoms with E-state index in [9.17, 15) is 17.6 Å². The van der Waals surface area contributed by atoms with Crippen LogP contribution in [0.4, 0.5) is 17.6 Å². The molecule has 0 saturated heterocycles. The molecule has 1 aliphatic carbocycles. The van der Waals surface area contributed by atoms with Crippen LogP contribution in [0, 0.1) is 5.82 Å². The third-order valence-corrected chi connectivity index (χ3v) is 3.61. The lowest BCUT2D eigenvalue weighted by atomic mass is 9.89. The maximum atomic E-state index is 13.7. The van der Waals surface area contributed by atoms with Crippen molar-refractivity contribution in [1.82, 2.24) is 0 Å². The minimum Gasteiger partial charge on any atom is -0.403 e. The molecule has 0 saturated carbocycles. The highest BCUT2D eigenvalue weighted by molar-refractivity contribution is 5.43. The summed E-state index contributed by atoms with van der Waals surface area (Å²) in [5.41, 5.74) is 2.70. The van der Waals surface area contributed by atoms with Gasteiger partial charge in [-0.2, -0.15) is 0 Å². The molecule has 0 heterocycles. The van der Waals surface area contributed by atoms with Gasteiger partial charge in [0.05, 0.1) is 0 Å². The van der Waals surface area contributed by atoms with Crippen molar-refractivity contribution in [1.29, 1.82) is 0 Å². The fourth-order valence-electron chi connectivity index (χ4n) is 2.56. The molecule has 0 bridgehead atoms. The van der Waals surface area contributed by atoms with Gasteiger partial charge in [-0.25, -0.2) is 4.39 Å². The topological polar surface area (TPSA) is 9.23 Å². The molecule has 1 aliphatic rings. The Balaban J connectivity index is 2.10. The lowest BCUT2D eigenvalue weighted by molar-refractivity contribution is -0.275. The second-order valence-electron chi connectivity index (χ2n) is 5.30. The van der Waals surface area contributed by atoms with Crippen LogP contribution in [0.5, 0.6) is 5.75 Å². The second-order valence-corrected chi connectivity index (χ2v) is 5.30. The Labute approximate surface area is 121 Å². The van der Waals surface area contributed by atoms with Gasteiger partial charge in [-0.15, -0.1) is 13.2 Å². The van der Waals surface area contributed by atoms with E-state index in [1.807, 2.05) is 6.08 Å². The van der Waals surface area contributed by atoms with Crippen LogP contribution in [0.15, 0.2) is 23.8 Å². The standard InChI is InChI=1S/C16H18F4O/c1-2-3-4-5-11-6-7-12-10-15(21-16(18,19)20)14(17)9-13(12)8-11/h6,9-10H,2-5,7-8H2,1H3. The Bertz CT molecular complexity index is 532. The van der Waals surface area contributed by atoms with Gasteiger partial charge in [0.2, 0.25) is 0 Å². The number of ether oxygens (including phenoxy) is 1. The van der Waals surface area contributed by atoms with Crippen molar-refractivity contribution in [3.8, 4) is 5.75 Å². The quantitative estimate of drug-likeness (QED) is 0.406. The number of benzene rings is 1. The number of rotatable bonds is 5. The third kappa shape index (κ3) is 4.48. The summed E-state index contributed by atoms with van der Waals surface area (Å²) in [6, 6.07) is 2.33. The van der Waals surface area contributed by atoms with Gasteiger partial charge in [0, 0.05) is 0 Å². The Hall–Kier alpha value is -1.52. The number of allylic oxidation sites excluding steroid dienone is 2. The van der Waals surface area contributed by atoms with E-state index in [2.05, 4.69) is 11.7 Å². The van der Waals surface area contributed by atoms with Crippen LogP contribution in [0.25, 0.3) is 0 Å². The molecule has 0 unspecified atom stereocenters. The van der Waals surface area contributed by atoms with Crippen molar-refractivity contribution in [3.63, 3.8) is 0 Å². The van der Waals surface area contributed by atoms with Crippen LogP contribution >= 0.6 is 0 Å². The van der Waals surface area contributed by atoms with Crippen molar-refractivity contribution >= 4 is 0 Å². The zero-order chi connectivity index (χ0) is 15.5. The molecule has 1 nitrogen and oxygen atoms in total. The van der Waals surface area contributed by atoms with E-state index < -0.39 is 17.9 Å². The van der Waals surface area contributed by atoms with Crippen molar-refractivity contribution < 1.29 is 22.3 Å². The van der Waals surface area contributed by atoms with Gasteiger partial charge in [0.15, 0.2) is 11.6 Å². The molecule has 0 fully saturated rings. The average molecular weight is 302 g/mol. The smallest absolute Gasteiger partial charge is 0.403 e. The van der Waals surface area contributed by atoms with Gasteiger partial charge >= 0.3 is 6.36 Å². The zero-order valence-electron chi connectivity index (χ0n) is 11.9. The summed E-state index contributed by atoms with van der Waals surface area (Å²) in [7, 11) is 0. The molecule has 0 aromatic heterocycles. The predicted octanol–water partition coefficient (Wildman–Crippen LogP) is 5.33. The zero-order valence-corrected chi connectivity index (χ0v) is 11.9. The van der Waals surface area contributed by atoms with Gasteiger partial charge in [-0.05, 0) is 48.9 Å². The molecule has 2 rings (SSSR count). The molecule has 0 N–H and O–H groups in total. The Morgan fingerprint density at radius 2 is 1.90 bits per heavy atom. The number of fused-ring (bicyclic) bond motifs is 1. The summed E-state index contributed by atoms with van der Waals surface area (Å²) >= 11 is 0. The SMILES string of the molecule is CCCCCC1=CCc2cc(OC(F)(F)F)c(F)cc2C1. The van der Waals surface area contributed by atoms with E-state index in [0.29, 0.717) is 18.4 Å². The Kier molecular flexibility index (Phi) is 4.91. The van der Waals surface area contributed by atoms with Crippen LogP contribution in [0.2, 0.25) is 0 Å². The molecular formula is C16H18F4O. The first-order valence-corrected chi connectivity index (χ1v) is 7.14. The monoisotopic (exact) mass is 302 g/mol. The first-order valence-electron chi connectivity index (χ1n) is 7.14. The lowest BCUT2D eigenvalue weighted by Crippen LogP contribution is -2.18. The highest BCUT2D eigenvalue weighted by atomic mass is 19.4. The summed E-state index contributed by atoms with van der Waals surface area (Å²) in [6.45, 7) is 2.13. The molecule has 21 heavy (non-hydrogen) atoms. The highest BCUT2D eigenvalue weighted by Crippen LogP contribution is 2.32. The molecule has 1 aromatic rings. The molecular weight excluding hydrogens is 284 g/mol. The fraction of sp³-hybridized carbons (Fsp3) is 0.500. The number of alkyl halides is 3. The van der Waals surface area contributed by atoms with Gasteiger partial charge in [-0.1, -0.05) is 31.4 Å². The maximum Gasteiger partial charge on any atom is 0.573 e. The minimum absolute atomic E-state index is 0.533. The Morgan fingerprint density at radius 1 is 1.14 bits per heavy atom. The molecule has 0 radical (unpaired) electrons. The summed E-state index contributed by atoms with van der Waals surface area (Å²) in [6.07, 6.45) is 2.66. The maximum absolute atomic E-state index is 13.7. The second kappa shape index (κ2) is 6.50. The number of unbranched alkanes of at least 4 members (excludes halogenated alkanes) is 2. The van der Waals surface area contributed by atoms with Crippen LogP contribution < -0.4 is 4.74 Å². The lowest BCUT2D eigenvalue weighted by Gasteiger charge is -2.19. The van der Waals surface area contributed by atoms with Gasteiger partial charge in [-0.3, -0.25) is 0 Å². The number of hydrogen-bond acceptors (Lipinski definition) is 1. The minimum atomic E-state index is -4.87. The van der Waals surface area contributed by atoms with E-state index >= 15 is 0 Å². The first-order chi connectivity index (χ1) is 9.89. The molecule has 0 spiro atoms. The van der Waals surface area contributed by atoms with Gasteiger partial charge in [0.25, 0.3) is 0 Å². The molecule has 116 valence electrons. The van der Waals surface area contributed by atoms with Crippen LogP contribution in [0.3, 0.4) is 0 Å². The molecule has 1 aromatic carbocycles. The molecule has 0 aliphatic heterocycles. The van der Waals surface area contributed by atoms with Gasteiger partial charge in [0.1, 0.15) is 0 Å². The van der Waals surface area contributed by atoms with Crippen LogP contribution in [-0.2, 0) is 12.8 Å². The summed E-state index contributed by atoms with van der Waals surface area (Å²) < 4.78 is 54.0. The summed E-state index contributed by atoms with van der Waals surface area (Å²) in [4.78, 5) is 0. The Morgan fingerprint density at radius 3 is 2.57 bits per heavy atom. The van der Waals surface area contributed by atoms with E-state index in [-0.39, 0.29) is 0 Å². The molecule has 0 atom stereocenters. The third-order valence-electron chi connectivity index (χ3n) is 3.61. The van der Waals surface area contributed by atoms with Crippen molar-refractivity contribution in [2.75, 3.05) is 0 Å². The van der Waals surface area contributed by atoms with Crippen LogP contribution in [-0.4, -0.2) is 6.36 Å².